The lowest BCUT2D eigenvalue weighted by Crippen LogP contribution is -2.68. The van der Waals surface area contributed by atoms with E-state index in [0.29, 0.717) is 18.2 Å². The fourth-order valence-corrected chi connectivity index (χ4v) is 3.85. The SMILES string of the molecule is C[C@]12CCCC[C@H]1CN2C(=O)c1ccc(Cn2ccnn2)o1. The van der Waals surface area contributed by atoms with Crippen molar-refractivity contribution in [3.63, 3.8) is 0 Å². The molecule has 6 heteroatoms. The van der Waals surface area contributed by atoms with Gasteiger partial charge in [0.1, 0.15) is 12.3 Å². The fraction of sp³-hybridized carbons (Fsp3) is 0.562. The third-order valence-corrected chi connectivity index (χ3v) is 5.29. The Morgan fingerprint density at radius 2 is 2.36 bits per heavy atom. The van der Waals surface area contributed by atoms with E-state index in [9.17, 15) is 4.79 Å². The zero-order valence-corrected chi connectivity index (χ0v) is 12.7. The second-order valence-electron chi connectivity index (χ2n) is 6.58. The number of fused-ring (bicyclic) bond motifs is 1. The van der Waals surface area contributed by atoms with Crippen LogP contribution < -0.4 is 0 Å². The van der Waals surface area contributed by atoms with Crippen LogP contribution in [0, 0.1) is 5.92 Å². The summed E-state index contributed by atoms with van der Waals surface area (Å²) < 4.78 is 7.40. The highest BCUT2D eigenvalue weighted by Gasteiger charge is 2.53. The van der Waals surface area contributed by atoms with Crippen LogP contribution in [0.2, 0.25) is 0 Å². The summed E-state index contributed by atoms with van der Waals surface area (Å²) in [6, 6.07) is 3.61. The van der Waals surface area contributed by atoms with E-state index in [0.717, 1.165) is 18.7 Å². The largest absolute Gasteiger partial charge is 0.454 e. The summed E-state index contributed by atoms with van der Waals surface area (Å²) >= 11 is 0. The molecule has 2 atom stereocenters. The van der Waals surface area contributed by atoms with Crippen LogP contribution in [0.1, 0.15) is 48.9 Å². The van der Waals surface area contributed by atoms with Gasteiger partial charge in [-0.05, 0) is 37.8 Å². The zero-order valence-electron chi connectivity index (χ0n) is 12.7. The van der Waals surface area contributed by atoms with Crippen LogP contribution >= 0.6 is 0 Å². The Kier molecular flexibility index (Phi) is 3.06. The molecule has 1 aliphatic carbocycles. The number of likely N-dealkylation sites (tertiary alicyclic amines) is 1. The Bertz CT molecular complexity index is 678. The van der Waals surface area contributed by atoms with Gasteiger partial charge in [-0.25, -0.2) is 4.68 Å². The maximum Gasteiger partial charge on any atom is 0.290 e. The van der Waals surface area contributed by atoms with Gasteiger partial charge in [0.15, 0.2) is 5.76 Å². The molecule has 4 rings (SSSR count). The van der Waals surface area contributed by atoms with Crippen LogP contribution in [0.5, 0.6) is 0 Å². The zero-order chi connectivity index (χ0) is 15.2. The number of hydrogen-bond donors (Lipinski definition) is 0. The number of amides is 1. The van der Waals surface area contributed by atoms with E-state index in [1.165, 1.54) is 19.3 Å². The fourth-order valence-electron chi connectivity index (χ4n) is 3.85. The predicted molar refractivity (Wildman–Crippen MR) is 79.2 cm³/mol. The highest BCUT2D eigenvalue weighted by Crippen LogP contribution is 2.47. The van der Waals surface area contributed by atoms with E-state index in [2.05, 4.69) is 17.2 Å². The molecule has 1 aliphatic heterocycles. The Labute approximate surface area is 129 Å². The van der Waals surface area contributed by atoms with E-state index in [-0.39, 0.29) is 11.4 Å². The Balaban J connectivity index is 1.48. The first-order valence-electron chi connectivity index (χ1n) is 7.91. The molecule has 6 nitrogen and oxygen atoms in total. The van der Waals surface area contributed by atoms with Crippen LogP contribution in [0.4, 0.5) is 0 Å². The van der Waals surface area contributed by atoms with Crippen molar-refractivity contribution in [1.29, 1.82) is 0 Å². The number of furan rings is 1. The molecule has 0 aromatic carbocycles. The number of nitrogens with zero attached hydrogens (tertiary/aromatic N) is 4. The molecule has 1 amide bonds. The van der Waals surface area contributed by atoms with Crippen LogP contribution in [-0.4, -0.2) is 37.9 Å². The minimum Gasteiger partial charge on any atom is -0.454 e. The number of carbonyl (C=O) groups is 1. The summed E-state index contributed by atoms with van der Waals surface area (Å²) in [5.41, 5.74) is 0.0359. The first-order chi connectivity index (χ1) is 10.7. The van der Waals surface area contributed by atoms with Crippen molar-refractivity contribution in [2.24, 2.45) is 5.92 Å². The molecule has 3 heterocycles. The molecule has 1 saturated heterocycles. The first-order valence-corrected chi connectivity index (χ1v) is 7.91. The molecule has 116 valence electrons. The van der Waals surface area contributed by atoms with E-state index >= 15 is 0 Å². The van der Waals surface area contributed by atoms with E-state index in [1.807, 2.05) is 11.0 Å². The van der Waals surface area contributed by atoms with Crippen molar-refractivity contribution >= 4 is 5.91 Å². The molecule has 0 bridgehead atoms. The number of hydrogen-bond acceptors (Lipinski definition) is 4. The lowest BCUT2D eigenvalue weighted by Gasteiger charge is -2.59. The van der Waals surface area contributed by atoms with Crippen molar-refractivity contribution in [3.8, 4) is 0 Å². The van der Waals surface area contributed by atoms with Crippen molar-refractivity contribution in [1.82, 2.24) is 19.9 Å². The summed E-state index contributed by atoms with van der Waals surface area (Å²) in [5.74, 6) is 1.83. The number of aromatic nitrogens is 3. The third-order valence-electron chi connectivity index (χ3n) is 5.29. The second-order valence-corrected chi connectivity index (χ2v) is 6.58. The molecule has 0 radical (unpaired) electrons. The highest BCUT2D eigenvalue weighted by atomic mass is 16.4. The molecule has 2 aromatic heterocycles. The van der Waals surface area contributed by atoms with Crippen molar-refractivity contribution in [2.45, 2.75) is 44.7 Å². The van der Waals surface area contributed by atoms with E-state index in [1.54, 1.807) is 23.1 Å². The summed E-state index contributed by atoms with van der Waals surface area (Å²) in [4.78, 5) is 14.7. The molecule has 0 N–H and O–H groups in total. The predicted octanol–water partition coefficient (Wildman–Crippen LogP) is 2.32. The number of carbonyl (C=O) groups excluding carboxylic acids is 1. The highest BCUT2D eigenvalue weighted by molar-refractivity contribution is 5.92. The topological polar surface area (TPSA) is 64.2 Å². The van der Waals surface area contributed by atoms with Gasteiger partial charge in [0, 0.05) is 18.3 Å². The standard InChI is InChI=1S/C16H20N4O2/c1-16-7-3-2-4-12(16)10-20(16)15(21)14-6-5-13(22-14)11-19-9-8-17-18-19/h5-6,8-9,12H,2-4,7,10-11H2,1H3/t12-,16-/m0/s1. The van der Waals surface area contributed by atoms with Gasteiger partial charge in [0.25, 0.3) is 5.91 Å². The van der Waals surface area contributed by atoms with Gasteiger partial charge in [-0.1, -0.05) is 18.1 Å². The molecule has 2 aromatic rings. The van der Waals surface area contributed by atoms with Gasteiger partial charge in [-0.3, -0.25) is 4.79 Å². The Morgan fingerprint density at radius 3 is 3.14 bits per heavy atom. The summed E-state index contributed by atoms with van der Waals surface area (Å²) in [5, 5.41) is 7.67. The van der Waals surface area contributed by atoms with Gasteiger partial charge >= 0.3 is 0 Å². The third kappa shape index (κ3) is 2.05. The normalized spacial score (nSPS) is 27.3. The van der Waals surface area contributed by atoms with Crippen molar-refractivity contribution in [2.75, 3.05) is 6.54 Å². The molecule has 2 fully saturated rings. The smallest absolute Gasteiger partial charge is 0.290 e. The van der Waals surface area contributed by atoms with Crippen LogP contribution in [0.25, 0.3) is 0 Å². The van der Waals surface area contributed by atoms with E-state index in [4.69, 9.17) is 4.42 Å². The average molecular weight is 300 g/mol. The lowest BCUT2D eigenvalue weighted by atomic mass is 9.66. The van der Waals surface area contributed by atoms with Crippen molar-refractivity contribution < 1.29 is 9.21 Å². The van der Waals surface area contributed by atoms with Crippen molar-refractivity contribution in [3.05, 3.63) is 36.0 Å². The number of rotatable bonds is 3. The van der Waals surface area contributed by atoms with Crippen LogP contribution in [0.15, 0.2) is 28.9 Å². The summed E-state index contributed by atoms with van der Waals surface area (Å²) in [6.07, 6.45) is 8.26. The minimum absolute atomic E-state index is 0.0190. The Morgan fingerprint density at radius 1 is 1.45 bits per heavy atom. The van der Waals surface area contributed by atoms with Gasteiger partial charge in [0.2, 0.25) is 0 Å². The Hall–Kier alpha value is -2.11. The maximum absolute atomic E-state index is 12.7. The molecular formula is C16H20N4O2. The van der Waals surface area contributed by atoms with Crippen LogP contribution in [0.3, 0.4) is 0 Å². The van der Waals surface area contributed by atoms with Gasteiger partial charge in [-0.2, -0.15) is 0 Å². The van der Waals surface area contributed by atoms with E-state index < -0.39 is 0 Å². The van der Waals surface area contributed by atoms with Crippen LogP contribution in [-0.2, 0) is 6.54 Å². The molecule has 22 heavy (non-hydrogen) atoms. The molecule has 0 spiro atoms. The molecule has 0 unspecified atom stereocenters. The average Bonchev–Trinajstić information content (AvgIpc) is 3.16. The summed E-state index contributed by atoms with van der Waals surface area (Å²) in [7, 11) is 0. The van der Waals surface area contributed by atoms with Gasteiger partial charge < -0.3 is 9.32 Å². The monoisotopic (exact) mass is 300 g/mol. The van der Waals surface area contributed by atoms with Gasteiger partial charge in [-0.15, -0.1) is 5.10 Å². The first kappa shape index (κ1) is 13.5. The summed E-state index contributed by atoms with van der Waals surface area (Å²) in [6.45, 7) is 3.58. The lowest BCUT2D eigenvalue weighted by molar-refractivity contribution is -0.0707. The molecular weight excluding hydrogens is 280 g/mol. The minimum atomic E-state index is 0.0190. The quantitative estimate of drug-likeness (QED) is 0.872. The second kappa shape index (κ2) is 4.97. The van der Waals surface area contributed by atoms with Gasteiger partial charge in [0.05, 0.1) is 6.20 Å². The molecule has 1 saturated carbocycles. The molecule has 2 aliphatic rings. The maximum atomic E-state index is 12.7.